The van der Waals surface area contributed by atoms with Gasteiger partial charge in [0.25, 0.3) is 0 Å². The zero-order valence-corrected chi connectivity index (χ0v) is 19.5. The van der Waals surface area contributed by atoms with Crippen LogP contribution in [0.2, 0.25) is 0 Å². The number of carboxylic acids is 1. The molecule has 176 valence electrons. The Morgan fingerprint density at radius 3 is 2.47 bits per heavy atom. The lowest BCUT2D eigenvalue weighted by atomic mass is 9.68. The Hall–Kier alpha value is -1.99. The Kier molecular flexibility index (Phi) is 8.28. The second-order valence-corrected chi connectivity index (χ2v) is 9.14. The summed E-state index contributed by atoms with van der Waals surface area (Å²) in [6, 6.07) is 0. The van der Waals surface area contributed by atoms with Crippen LogP contribution < -0.4 is 0 Å². The molecule has 6 heteroatoms. The van der Waals surface area contributed by atoms with Crippen LogP contribution in [0.3, 0.4) is 0 Å². The molecule has 1 spiro atoms. The number of allylic oxidation sites excluding steroid dienone is 7. The van der Waals surface area contributed by atoms with Crippen molar-refractivity contribution < 1.29 is 28.8 Å². The summed E-state index contributed by atoms with van der Waals surface area (Å²) in [5, 5.41) is 8.52. The number of epoxide rings is 2. The molecule has 2 aliphatic heterocycles. The molecule has 2 heterocycles. The summed E-state index contributed by atoms with van der Waals surface area (Å²) in [5.74, 6) is -0.804. The Bertz CT molecular complexity index is 799. The van der Waals surface area contributed by atoms with Crippen LogP contribution in [0.4, 0.5) is 0 Å². The Morgan fingerprint density at radius 1 is 1.16 bits per heavy atom. The van der Waals surface area contributed by atoms with E-state index in [-0.39, 0.29) is 35.4 Å². The predicted molar refractivity (Wildman–Crippen MR) is 123 cm³/mol. The topological polar surface area (TPSA) is 80.8 Å². The number of ether oxygens (including phenoxy) is 4. The van der Waals surface area contributed by atoms with Gasteiger partial charge in [-0.05, 0) is 40.0 Å². The zero-order valence-electron chi connectivity index (χ0n) is 19.5. The molecule has 2 saturated heterocycles. The van der Waals surface area contributed by atoms with Gasteiger partial charge in [-0.3, -0.25) is 0 Å². The van der Waals surface area contributed by atoms with Gasteiger partial charge in [-0.2, -0.15) is 0 Å². The van der Waals surface area contributed by atoms with E-state index in [1.165, 1.54) is 11.6 Å². The first-order valence-electron chi connectivity index (χ1n) is 11.3. The number of methoxy groups -OCH3 is 1. The van der Waals surface area contributed by atoms with Crippen molar-refractivity contribution in [1.82, 2.24) is 0 Å². The van der Waals surface area contributed by atoms with Gasteiger partial charge in [0, 0.05) is 13.2 Å². The molecule has 3 rings (SSSR count). The Labute approximate surface area is 191 Å². The molecule has 0 unspecified atom stereocenters. The maximum atomic E-state index is 10.4. The highest BCUT2D eigenvalue weighted by molar-refractivity contribution is 5.80. The summed E-state index contributed by atoms with van der Waals surface area (Å²) >= 11 is 0. The van der Waals surface area contributed by atoms with Crippen molar-refractivity contribution in [2.75, 3.05) is 20.3 Å². The van der Waals surface area contributed by atoms with Gasteiger partial charge in [0.05, 0.1) is 43.0 Å². The van der Waals surface area contributed by atoms with Crippen molar-refractivity contribution in [3.8, 4) is 0 Å². The highest BCUT2D eigenvalue weighted by Gasteiger charge is 2.71. The first-order valence-corrected chi connectivity index (χ1v) is 11.3. The summed E-state index contributed by atoms with van der Waals surface area (Å²) < 4.78 is 24.4. The van der Waals surface area contributed by atoms with E-state index in [9.17, 15) is 4.79 Å². The quantitative estimate of drug-likeness (QED) is 0.220. The lowest BCUT2D eigenvalue weighted by Gasteiger charge is -2.43. The van der Waals surface area contributed by atoms with Crippen LogP contribution in [0, 0.1) is 5.92 Å². The number of hydrogen-bond acceptors (Lipinski definition) is 5. The highest BCUT2D eigenvalue weighted by Crippen LogP contribution is 2.59. The number of aliphatic carboxylic acids is 1. The molecule has 32 heavy (non-hydrogen) atoms. The molecule has 0 bridgehead atoms. The van der Waals surface area contributed by atoms with Crippen molar-refractivity contribution in [2.45, 2.75) is 69.5 Å². The maximum absolute atomic E-state index is 10.4. The standard InChI is InChI=1S/C26H36O6/c1-19(2)13-14-21-25(3,32-21)24-23(29-4)20(15-16-26(24)18-31-26)30-17-11-9-7-5-6-8-10-12-22(27)28/h5-13,20-21,23-24H,14-18H2,1-4H3,(H,27,28)/b7-5+,8-6+,11-9+,12-10+/t20-,21-,23-,24-,25+,26+/m1/s1. The van der Waals surface area contributed by atoms with E-state index in [2.05, 4.69) is 26.8 Å². The van der Waals surface area contributed by atoms with Gasteiger partial charge in [-0.15, -0.1) is 0 Å². The van der Waals surface area contributed by atoms with Crippen LogP contribution in [0.25, 0.3) is 0 Å². The van der Waals surface area contributed by atoms with E-state index in [1.807, 2.05) is 24.3 Å². The fourth-order valence-corrected chi connectivity index (χ4v) is 4.83. The van der Waals surface area contributed by atoms with E-state index in [0.29, 0.717) is 6.61 Å². The summed E-state index contributed by atoms with van der Waals surface area (Å²) in [7, 11) is 1.76. The molecule has 3 aliphatic rings. The molecule has 0 radical (unpaired) electrons. The molecule has 0 aromatic carbocycles. The molecule has 1 saturated carbocycles. The van der Waals surface area contributed by atoms with E-state index in [0.717, 1.165) is 31.9 Å². The fraction of sp³-hybridized carbons (Fsp3) is 0.577. The van der Waals surface area contributed by atoms with Gasteiger partial charge < -0.3 is 24.1 Å². The van der Waals surface area contributed by atoms with Crippen LogP contribution in [-0.4, -0.2) is 60.9 Å². The molecule has 0 aromatic heterocycles. The number of carbonyl (C=O) groups is 1. The predicted octanol–water partition coefficient (Wildman–Crippen LogP) is 4.39. The van der Waals surface area contributed by atoms with Crippen molar-refractivity contribution in [1.29, 1.82) is 0 Å². The van der Waals surface area contributed by atoms with Crippen LogP contribution >= 0.6 is 0 Å². The van der Waals surface area contributed by atoms with E-state index >= 15 is 0 Å². The van der Waals surface area contributed by atoms with Gasteiger partial charge in [0.1, 0.15) is 5.60 Å². The largest absolute Gasteiger partial charge is 0.478 e. The van der Waals surface area contributed by atoms with Gasteiger partial charge in [-0.25, -0.2) is 4.79 Å². The van der Waals surface area contributed by atoms with Gasteiger partial charge in [-0.1, -0.05) is 54.2 Å². The zero-order chi connectivity index (χ0) is 23.2. The number of rotatable bonds is 11. The molecular formula is C26H36O6. The molecule has 6 nitrogen and oxygen atoms in total. The van der Waals surface area contributed by atoms with Crippen molar-refractivity contribution in [3.63, 3.8) is 0 Å². The molecule has 1 N–H and O–H groups in total. The van der Waals surface area contributed by atoms with E-state index in [1.54, 1.807) is 19.3 Å². The van der Waals surface area contributed by atoms with Crippen LogP contribution in [0.15, 0.2) is 60.3 Å². The molecule has 1 aliphatic carbocycles. The number of carboxylic acid groups (broad SMARTS) is 1. The second-order valence-electron chi connectivity index (χ2n) is 9.14. The van der Waals surface area contributed by atoms with Crippen molar-refractivity contribution in [3.05, 3.63) is 60.3 Å². The molecule has 0 amide bonds. The second kappa shape index (κ2) is 10.8. The van der Waals surface area contributed by atoms with E-state index < -0.39 is 5.97 Å². The van der Waals surface area contributed by atoms with Gasteiger partial charge in [0.15, 0.2) is 0 Å². The maximum Gasteiger partial charge on any atom is 0.328 e. The minimum Gasteiger partial charge on any atom is -0.478 e. The third kappa shape index (κ3) is 6.07. The minimum absolute atomic E-state index is 0.000338. The summed E-state index contributed by atoms with van der Waals surface area (Å²) in [6.07, 6.45) is 18.8. The van der Waals surface area contributed by atoms with Crippen LogP contribution in [0.5, 0.6) is 0 Å². The highest BCUT2D eigenvalue weighted by atomic mass is 16.6. The average Bonchev–Trinajstić information content (AvgIpc) is 3.65. The minimum atomic E-state index is -0.959. The SMILES string of the molecule is CO[C@@H]1[C@H](OC/C=C/C=C/C=C/C=C/C(=O)O)CC[C@]2(CO2)[C@H]1[C@@]1(C)O[C@@H]1CC=C(C)C. The Morgan fingerprint density at radius 2 is 1.84 bits per heavy atom. The lowest BCUT2D eigenvalue weighted by Crippen LogP contribution is -2.55. The lowest BCUT2D eigenvalue weighted by molar-refractivity contribution is -0.134. The summed E-state index contributed by atoms with van der Waals surface area (Å²) in [6.45, 7) is 7.70. The first kappa shape index (κ1) is 24.6. The third-order valence-electron chi connectivity index (χ3n) is 6.57. The van der Waals surface area contributed by atoms with Crippen molar-refractivity contribution >= 4 is 5.97 Å². The third-order valence-corrected chi connectivity index (χ3v) is 6.57. The smallest absolute Gasteiger partial charge is 0.328 e. The molecule has 3 fully saturated rings. The van der Waals surface area contributed by atoms with Gasteiger partial charge >= 0.3 is 5.97 Å². The Balaban J connectivity index is 1.53. The summed E-state index contributed by atoms with van der Waals surface area (Å²) in [5.41, 5.74) is 0.932. The molecule has 6 atom stereocenters. The fourth-order valence-electron chi connectivity index (χ4n) is 4.83. The monoisotopic (exact) mass is 444 g/mol. The first-order chi connectivity index (χ1) is 15.3. The van der Waals surface area contributed by atoms with E-state index in [4.69, 9.17) is 24.1 Å². The van der Waals surface area contributed by atoms with Gasteiger partial charge in [0.2, 0.25) is 0 Å². The summed E-state index contributed by atoms with van der Waals surface area (Å²) in [4.78, 5) is 10.4. The normalized spacial score (nSPS) is 36.6. The van der Waals surface area contributed by atoms with Crippen LogP contribution in [-0.2, 0) is 23.7 Å². The number of hydrogen-bond donors (Lipinski definition) is 1. The molecular weight excluding hydrogens is 408 g/mol. The van der Waals surface area contributed by atoms with Crippen LogP contribution in [0.1, 0.15) is 40.0 Å². The van der Waals surface area contributed by atoms with Crippen molar-refractivity contribution in [2.24, 2.45) is 5.92 Å². The molecule has 0 aromatic rings. The average molecular weight is 445 g/mol.